The Bertz CT molecular complexity index is 404. The molecule has 1 aromatic rings. The van der Waals surface area contributed by atoms with E-state index in [0.717, 1.165) is 0 Å². The van der Waals surface area contributed by atoms with Gasteiger partial charge in [0.15, 0.2) is 0 Å². The number of non-ortho nitro benzene ring substituents is 1. The van der Waals surface area contributed by atoms with Gasteiger partial charge in [-0.1, -0.05) is 0 Å². The molecule has 0 fully saturated rings. The molecule has 0 saturated carbocycles. The number of anilines is 1. The lowest BCUT2D eigenvalue weighted by atomic mass is 10.2. The molecule has 17 heavy (non-hydrogen) atoms. The molecule has 0 heterocycles. The zero-order valence-corrected chi connectivity index (χ0v) is 9.12. The molecule has 0 amide bonds. The summed E-state index contributed by atoms with van der Waals surface area (Å²) in [5.74, 6) is -1.05. The Morgan fingerprint density at radius 3 is 2.53 bits per heavy atom. The van der Waals surface area contributed by atoms with Crippen LogP contribution in [0, 0.1) is 10.1 Å². The number of hydrogen-bond acceptors (Lipinski definition) is 5. The van der Waals surface area contributed by atoms with Crippen molar-refractivity contribution in [3.8, 4) is 0 Å². The Morgan fingerprint density at radius 2 is 2.12 bits per heavy atom. The molecule has 7 heteroatoms. The van der Waals surface area contributed by atoms with Crippen LogP contribution in [0.1, 0.15) is 0 Å². The molecule has 0 saturated heterocycles. The fraction of sp³-hybridized carbons (Fsp3) is 0.300. The fourth-order valence-corrected chi connectivity index (χ4v) is 1.22. The molecule has 2 N–H and O–H groups in total. The van der Waals surface area contributed by atoms with Crippen LogP contribution in [0.15, 0.2) is 24.3 Å². The third-order valence-corrected chi connectivity index (χ3v) is 2.05. The topological polar surface area (TPSA) is 102 Å². The lowest BCUT2D eigenvalue weighted by Gasteiger charge is -2.14. The van der Waals surface area contributed by atoms with Crippen LogP contribution in [0.25, 0.3) is 0 Å². The quantitative estimate of drug-likeness (QED) is 0.570. The second kappa shape index (κ2) is 5.80. The number of nitrogens with one attached hydrogen (secondary N) is 1. The van der Waals surface area contributed by atoms with E-state index in [1.54, 1.807) is 0 Å². The van der Waals surface area contributed by atoms with Gasteiger partial charge in [0, 0.05) is 24.9 Å². The average Bonchev–Trinajstić information content (AvgIpc) is 2.29. The van der Waals surface area contributed by atoms with Crippen LogP contribution in [0.2, 0.25) is 0 Å². The van der Waals surface area contributed by atoms with Crippen molar-refractivity contribution in [2.75, 3.05) is 19.0 Å². The van der Waals surface area contributed by atoms with Gasteiger partial charge in [-0.2, -0.15) is 0 Å². The number of carbonyl (C=O) groups is 1. The Labute approximate surface area is 97.2 Å². The first-order chi connectivity index (χ1) is 8.04. The predicted molar refractivity (Wildman–Crippen MR) is 60.0 cm³/mol. The highest BCUT2D eigenvalue weighted by molar-refractivity contribution is 5.77. The smallest absolute Gasteiger partial charge is 0.328 e. The van der Waals surface area contributed by atoms with Crippen LogP contribution < -0.4 is 5.32 Å². The fourth-order valence-electron chi connectivity index (χ4n) is 1.22. The third kappa shape index (κ3) is 3.72. The molecule has 1 atom stereocenters. The van der Waals surface area contributed by atoms with Crippen molar-refractivity contribution in [2.24, 2.45) is 0 Å². The van der Waals surface area contributed by atoms with E-state index in [0.29, 0.717) is 5.69 Å². The SMILES string of the molecule is COCC(Nc1ccc([N+](=O)[O-])cc1)C(=O)O. The van der Waals surface area contributed by atoms with E-state index in [-0.39, 0.29) is 12.3 Å². The van der Waals surface area contributed by atoms with Crippen LogP contribution in [-0.4, -0.2) is 35.8 Å². The third-order valence-electron chi connectivity index (χ3n) is 2.05. The summed E-state index contributed by atoms with van der Waals surface area (Å²) in [6.45, 7) is 0.00627. The number of rotatable bonds is 6. The van der Waals surface area contributed by atoms with Gasteiger partial charge >= 0.3 is 5.97 Å². The number of ether oxygens (including phenoxy) is 1. The van der Waals surface area contributed by atoms with Gasteiger partial charge in [-0.15, -0.1) is 0 Å². The van der Waals surface area contributed by atoms with Gasteiger partial charge in [-0.3, -0.25) is 10.1 Å². The van der Waals surface area contributed by atoms with Gasteiger partial charge in [0.2, 0.25) is 0 Å². The van der Waals surface area contributed by atoms with Crippen LogP contribution in [0.5, 0.6) is 0 Å². The lowest BCUT2D eigenvalue weighted by molar-refractivity contribution is -0.384. The van der Waals surface area contributed by atoms with E-state index in [4.69, 9.17) is 9.84 Å². The summed E-state index contributed by atoms with van der Waals surface area (Å²) in [5.41, 5.74) is 0.439. The zero-order valence-electron chi connectivity index (χ0n) is 9.12. The standard InChI is InChI=1S/C10H12N2O5/c1-17-6-9(10(13)14)11-7-2-4-8(5-3-7)12(15)16/h2-5,9,11H,6H2,1H3,(H,13,14). The van der Waals surface area contributed by atoms with Crippen LogP contribution in [-0.2, 0) is 9.53 Å². The molecule has 1 aromatic carbocycles. The second-order valence-electron chi connectivity index (χ2n) is 3.29. The number of nitrogens with zero attached hydrogens (tertiary/aromatic N) is 1. The van der Waals surface area contributed by atoms with Crippen molar-refractivity contribution < 1.29 is 19.6 Å². The minimum atomic E-state index is -1.05. The zero-order chi connectivity index (χ0) is 12.8. The lowest BCUT2D eigenvalue weighted by Crippen LogP contribution is -2.33. The van der Waals surface area contributed by atoms with E-state index >= 15 is 0 Å². The first-order valence-electron chi connectivity index (χ1n) is 4.77. The molecule has 92 valence electrons. The number of carboxylic acid groups (broad SMARTS) is 1. The summed E-state index contributed by atoms with van der Waals surface area (Å²) < 4.78 is 4.75. The van der Waals surface area contributed by atoms with Gasteiger partial charge < -0.3 is 15.2 Å². The molecule has 1 unspecified atom stereocenters. The minimum absolute atomic E-state index is 0.00627. The monoisotopic (exact) mass is 240 g/mol. The molecule has 1 rings (SSSR count). The molecule has 0 aliphatic carbocycles. The molecule has 0 bridgehead atoms. The summed E-state index contributed by atoms with van der Waals surface area (Å²) in [5, 5.41) is 22.0. The summed E-state index contributed by atoms with van der Waals surface area (Å²) in [6, 6.07) is 4.61. The largest absolute Gasteiger partial charge is 0.480 e. The van der Waals surface area contributed by atoms with E-state index in [1.807, 2.05) is 0 Å². The Balaban J connectivity index is 2.73. The highest BCUT2D eigenvalue weighted by atomic mass is 16.6. The van der Waals surface area contributed by atoms with Gasteiger partial charge in [0.25, 0.3) is 5.69 Å². The van der Waals surface area contributed by atoms with Crippen LogP contribution in [0.3, 0.4) is 0 Å². The number of nitro benzene ring substituents is 1. The number of methoxy groups -OCH3 is 1. The van der Waals surface area contributed by atoms with Crippen molar-refractivity contribution >= 4 is 17.3 Å². The van der Waals surface area contributed by atoms with Gasteiger partial charge in [-0.25, -0.2) is 4.79 Å². The maximum absolute atomic E-state index is 10.8. The molecule has 0 aromatic heterocycles. The van der Waals surface area contributed by atoms with E-state index in [9.17, 15) is 14.9 Å². The first kappa shape index (κ1) is 12.9. The van der Waals surface area contributed by atoms with Crippen molar-refractivity contribution in [2.45, 2.75) is 6.04 Å². The van der Waals surface area contributed by atoms with Gasteiger partial charge in [-0.05, 0) is 12.1 Å². The van der Waals surface area contributed by atoms with Crippen LogP contribution >= 0.6 is 0 Å². The summed E-state index contributed by atoms with van der Waals surface area (Å²) in [7, 11) is 1.40. The second-order valence-corrected chi connectivity index (χ2v) is 3.29. The highest BCUT2D eigenvalue weighted by Crippen LogP contribution is 2.16. The predicted octanol–water partition coefficient (Wildman–Crippen LogP) is 1.11. The number of carboxylic acids is 1. The van der Waals surface area contributed by atoms with Crippen molar-refractivity contribution in [1.82, 2.24) is 0 Å². The molecule has 7 nitrogen and oxygen atoms in total. The van der Waals surface area contributed by atoms with Gasteiger partial charge in [0.1, 0.15) is 6.04 Å². The molecule has 0 spiro atoms. The molecule has 0 radical (unpaired) electrons. The Kier molecular flexibility index (Phi) is 4.41. The number of nitro groups is 1. The normalized spacial score (nSPS) is 11.8. The molecular formula is C10H12N2O5. The van der Waals surface area contributed by atoms with Crippen molar-refractivity contribution in [3.05, 3.63) is 34.4 Å². The van der Waals surface area contributed by atoms with Crippen LogP contribution in [0.4, 0.5) is 11.4 Å². The minimum Gasteiger partial charge on any atom is -0.480 e. The summed E-state index contributed by atoms with van der Waals surface area (Å²) >= 11 is 0. The van der Waals surface area contributed by atoms with Gasteiger partial charge in [0.05, 0.1) is 11.5 Å². The average molecular weight is 240 g/mol. The van der Waals surface area contributed by atoms with Crippen molar-refractivity contribution in [1.29, 1.82) is 0 Å². The molecule has 0 aliphatic heterocycles. The molecule has 0 aliphatic rings. The number of aliphatic carboxylic acids is 1. The summed E-state index contributed by atoms with van der Waals surface area (Å²) in [4.78, 5) is 20.7. The first-order valence-corrected chi connectivity index (χ1v) is 4.77. The molecular weight excluding hydrogens is 228 g/mol. The van der Waals surface area contributed by atoms with E-state index in [1.165, 1.54) is 31.4 Å². The highest BCUT2D eigenvalue weighted by Gasteiger charge is 2.16. The number of benzene rings is 1. The maximum Gasteiger partial charge on any atom is 0.328 e. The van der Waals surface area contributed by atoms with Crippen molar-refractivity contribution in [3.63, 3.8) is 0 Å². The van der Waals surface area contributed by atoms with E-state index in [2.05, 4.69) is 5.32 Å². The number of hydrogen-bond donors (Lipinski definition) is 2. The summed E-state index contributed by atoms with van der Waals surface area (Å²) in [6.07, 6.45) is 0. The maximum atomic E-state index is 10.8. The van der Waals surface area contributed by atoms with E-state index < -0.39 is 16.9 Å². The Morgan fingerprint density at radius 1 is 1.53 bits per heavy atom. The Hall–Kier alpha value is -2.15.